The molecule has 0 bridgehead atoms. The standard InChI is InChI=1S/C23H21NO4/c1-27-20-10-8-19(9-11-20)23(26)24-14-13-17-7-12-22(21(25)15-17)28-16-18-5-3-2-4-6-18/h2-15,25H,16H2,1H3,(H,24,26)/b14-13+. The Morgan fingerprint density at radius 1 is 1.04 bits per heavy atom. The fourth-order valence-electron chi connectivity index (χ4n) is 2.53. The predicted molar refractivity (Wildman–Crippen MR) is 108 cm³/mol. The minimum Gasteiger partial charge on any atom is -0.504 e. The molecule has 3 aromatic rings. The Morgan fingerprint density at radius 2 is 1.79 bits per heavy atom. The highest BCUT2D eigenvalue weighted by Gasteiger charge is 2.05. The minimum atomic E-state index is -0.231. The van der Waals surface area contributed by atoms with Gasteiger partial charge in [-0.25, -0.2) is 0 Å². The molecule has 5 nitrogen and oxygen atoms in total. The van der Waals surface area contributed by atoms with E-state index in [1.165, 1.54) is 6.20 Å². The van der Waals surface area contributed by atoms with Gasteiger partial charge in [0.25, 0.3) is 5.91 Å². The number of carbonyl (C=O) groups is 1. The van der Waals surface area contributed by atoms with E-state index in [1.54, 1.807) is 55.7 Å². The van der Waals surface area contributed by atoms with Gasteiger partial charge < -0.3 is 19.9 Å². The van der Waals surface area contributed by atoms with Crippen molar-refractivity contribution >= 4 is 12.0 Å². The van der Waals surface area contributed by atoms with Crippen LogP contribution in [0.3, 0.4) is 0 Å². The lowest BCUT2D eigenvalue weighted by Gasteiger charge is -2.08. The zero-order valence-corrected chi connectivity index (χ0v) is 15.5. The largest absolute Gasteiger partial charge is 0.504 e. The molecule has 0 aliphatic heterocycles. The second-order valence-electron chi connectivity index (χ2n) is 6.04. The third-order valence-electron chi connectivity index (χ3n) is 4.06. The minimum absolute atomic E-state index is 0.0413. The number of carbonyl (C=O) groups excluding carboxylic acids is 1. The zero-order valence-electron chi connectivity index (χ0n) is 15.5. The summed E-state index contributed by atoms with van der Waals surface area (Å²) in [6, 6.07) is 21.6. The number of amides is 1. The molecule has 0 spiro atoms. The van der Waals surface area contributed by atoms with E-state index >= 15 is 0 Å². The van der Waals surface area contributed by atoms with Crippen LogP contribution in [-0.4, -0.2) is 18.1 Å². The molecule has 0 heterocycles. The molecular weight excluding hydrogens is 354 g/mol. The van der Waals surface area contributed by atoms with Crippen LogP contribution in [0, 0.1) is 0 Å². The SMILES string of the molecule is COc1ccc(C(=O)N/C=C/c2ccc(OCc3ccccc3)c(O)c2)cc1. The maximum absolute atomic E-state index is 12.1. The molecule has 1 amide bonds. The number of phenols is 1. The number of phenolic OH excluding ortho intramolecular Hbond substituents is 1. The average Bonchev–Trinajstić information content (AvgIpc) is 2.74. The lowest BCUT2D eigenvalue weighted by Crippen LogP contribution is -2.16. The van der Waals surface area contributed by atoms with Gasteiger partial charge in [0.2, 0.25) is 0 Å². The third-order valence-corrected chi connectivity index (χ3v) is 4.06. The van der Waals surface area contributed by atoms with Crippen LogP contribution in [0.25, 0.3) is 6.08 Å². The van der Waals surface area contributed by atoms with E-state index in [1.807, 2.05) is 30.3 Å². The molecule has 5 heteroatoms. The number of ether oxygens (including phenoxy) is 2. The maximum atomic E-state index is 12.1. The van der Waals surface area contributed by atoms with E-state index in [2.05, 4.69) is 5.32 Å². The van der Waals surface area contributed by atoms with Gasteiger partial charge in [0.05, 0.1) is 7.11 Å². The van der Waals surface area contributed by atoms with E-state index < -0.39 is 0 Å². The Kier molecular flexibility index (Phi) is 6.31. The van der Waals surface area contributed by atoms with Crippen LogP contribution in [0.4, 0.5) is 0 Å². The van der Waals surface area contributed by atoms with E-state index in [-0.39, 0.29) is 11.7 Å². The van der Waals surface area contributed by atoms with Crippen molar-refractivity contribution < 1.29 is 19.4 Å². The molecule has 0 aliphatic rings. The maximum Gasteiger partial charge on any atom is 0.255 e. The summed E-state index contributed by atoms with van der Waals surface area (Å²) < 4.78 is 10.7. The van der Waals surface area contributed by atoms with Crippen molar-refractivity contribution in [3.05, 3.63) is 95.7 Å². The smallest absolute Gasteiger partial charge is 0.255 e. The first-order chi connectivity index (χ1) is 13.7. The normalized spacial score (nSPS) is 10.6. The topological polar surface area (TPSA) is 67.8 Å². The first kappa shape index (κ1) is 19.0. The lowest BCUT2D eigenvalue weighted by molar-refractivity contribution is 0.0970. The monoisotopic (exact) mass is 375 g/mol. The fourth-order valence-corrected chi connectivity index (χ4v) is 2.53. The van der Waals surface area contributed by atoms with Gasteiger partial charge in [0.1, 0.15) is 12.4 Å². The summed E-state index contributed by atoms with van der Waals surface area (Å²) in [4.78, 5) is 12.1. The van der Waals surface area contributed by atoms with E-state index in [4.69, 9.17) is 9.47 Å². The highest BCUT2D eigenvalue weighted by Crippen LogP contribution is 2.28. The number of rotatable bonds is 7. The highest BCUT2D eigenvalue weighted by atomic mass is 16.5. The fraction of sp³-hybridized carbons (Fsp3) is 0.0870. The molecule has 0 atom stereocenters. The van der Waals surface area contributed by atoms with Gasteiger partial charge in [-0.2, -0.15) is 0 Å². The zero-order chi connectivity index (χ0) is 19.8. The molecule has 3 rings (SSSR count). The summed E-state index contributed by atoms with van der Waals surface area (Å²) in [7, 11) is 1.57. The lowest BCUT2D eigenvalue weighted by atomic mass is 10.2. The number of hydrogen-bond acceptors (Lipinski definition) is 4. The Hall–Kier alpha value is -3.73. The summed E-state index contributed by atoms with van der Waals surface area (Å²) >= 11 is 0. The van der Waals surface area contributed by atoms with Gasteiger partial charge >= 0.3 is 0 Å². The van der Waals surface area contributed by atoms with Gasteiger partial charge in [0.15, 0.2) is 11.5 Å². The highest BCUT2D eigenvalue weighted by molar-refractivity contribution is 5.95. The summed E-state index contributed by atoms with van der Waals surface area (Å²) in [5.41, 5.74) is 2.28. The van der Waals surface area contributed by atoms with Crippen molar-refractivity contribution in [1.29, 1.82) is 0 Å². The van der Waals surface area contributed by atoms with E-state index in [0.29, 0.717) is 23.7 Å². The molecule has 0 radical (unpaired) electrons. The van der Waals surface area contributed by atoms with E-state index in [0.717, 1.165) is 11.1 Å². The van der Waals surface area contributed by atoms with Crippen molar-refractivity contribution in [3.8, 4) is 17.2 Å². The number of hydrogen-bond donors (Lipinski definition) is 2. The quantitative estimate of drug-likeness (QED) is 0.643. The van der Waals surface area contributed by atoms with Gasteiger partial charge in [0, 0.05) is 11.8 Å². The van der Waals surface area contributed by atoms with Gasteiger partial charge in [-0.3, -0.25) is 4.79 Å². The molecule has 0 aliphatic carbocycles. The molecule has 3 aromatic carbocycles. The number of nitrogens with one attached hydrogen (secondary N) is 1. The average molecular weight is 375 g/mol. The Balaban J connectivity index is 1.56. The summed E-state index contributed by atoms with van der Waals surface area (Å²) in [5.74, 6) is 0.908. The summed E-state index contributed by atoms with van der Waals surface area (Å²) in [6.45, 7) is 0.376. The van der Waals surface area contributed by atoms with Gasteiger partial charge in [-0.15, -0.1) is 0 Å². The van der Waals surface area contributed by atoms with Crippen molar-refractivity contribution in [1.82, 2.24) is 5.32 Å². The second-order valence-corrected chi connectivity index (χ2v) is 6.04. The first-order valence-electron chi connectivity index (χ1n) is 8.77. The van der Waals surface area contributed by atoms with Crippen LogP contribution in [-0.2, 0) is 6.61 Å². The van der Waals surface area contributed by atoms with Crippen LogP contribution in [0.1, 0.15) is 21.5 Å². The second kappa shape index (κ2) is 9.28. The Morgan fingerprint density at radius 3 is 2.46 bits per heavy atom. The molecular formula is C23H21NO4. The molecule has 0 saturated carbocycles. The van der Waals surface area contributed by atoms with Crippen molar-refractivity contribution in [2.45, 2.75) is 6.61 Å². The van der Waals surface area contributed by atoms with Crippen LogP contribution in [0.5, 0.6) is 17.2 Å². The number of aromatic hydroxyl groups is 1. The molecule has 0 aromatic heterocycles. The Bertz CT molecular complexity index is 950. The summed E-state index contributed by atoms with van der Waals surface area (Å²) in [6.07, 6.45) is 3.23. The number of methoxy groups -OCH3 is 1. The van der Waals surface area contributed by atoms with Crippen molar-refractivity contribution in [3.63, 3.8) is 0 Å². The van der Waals surface area contributed by atoms with Crippen LogP contribution in [0.2, 0.25) is 0 Å². The molecule has 142 valence electrons. The van der Waals surface area contributed by atoms with Crippen LogP contribution in [0.15, 0.2) is 79.0 Å². The van der Waals surface area contributed by atoms with Crippen LogP contribution >= 0.6 is 0 Å². The van der Waals surface area contributed by atoms with Crippen LogP contribution < -0.4 is 14.8 Å². The number of benzene rings is 3. The van der Waals surface area contributed by atoms with E-state index in [9.17, 15) is 9.90 Å². The Labute approximate surface area is 163 Å². The molecule has 0 saturated heterocycles. The molecule has 0 unspecified atom stereocenters. The molecule has 2 N–H and O–H groups in total. The van der Waals surface area contributed by atoms with Crippen molar-refractivity contribution in [2.75, 3.05) is 7.11 Å². The first-order valence-corrected chi connectivity index (χ1v) is 8.77. The third kappa shape index (κ3) is 5.14. The molecule has 0 fully saturated rings. The van der Waals surface area contributed by atoms with Gasteiger partial charge in [-0.1, -0.05) is 36.4 Å². The van der Waals surface area contributed by atoms with Gasteiger partial charge in [-0.05, 0) is 53.6 Å². The summed E-state index contributed by atoms with van der Waals surface area (Å²) in [5, 5.41) is 12.8. The van der Waals surface area contributed by atoms with Crippen molar-refractivity contribution in [2.24, 2.45) is 0 Å². The molecule has 28 heavy (non-hydrogen) atoms. The predicted octanol–water partition coefficient (Wildman–Crippen LogP) is 4.38.